The number of ketones is 1. The molecule has 3 rings (SSSR count). The number of nitrogens with zero attached hydrogens (tertiary/aromatic N) is 1. The molecule has 23 heavy (non-hydrogen) atoms. The highest BCUT2D eigenvalue weighted by atomic mass is 32.1. The molecule has 1 aromatic heterocycles. The molecule has 0 radical (unpaired) electrons. The van der Waals surface area contributed by atoms with Gasteiger partial charge in [-0.05, 0) is 30.8 Å². The summed E-state index contributed by atoms with van der Waals surface area (Å²) < 4.78 is 11.2. The molecule has 2 aliphatic heterocycles. The fourth-order valence-corrected chi connectivity index (χ4v) is 3.73. The van der Waals surface area contributed by atoms with Crippen LogP contribution >= 0.6 is 11.3 Å². The fourth-order valence-electron chi connectivity index (χ4n) is 3.06. The lowest BCUT2D eigenvalue weighted by Gasteiger charge is -2.37. The molecule has 1 atom stereocenters. The van der Waals surface area contributed by atoms with Gasteiger partial charge in [0.05, 0.1) is 37.2 Å². The number of carbonyl (C=O) groups is 2. The number of thiophene rings is 1. The first-order chi connectivity index (χ1) is 11.2. The minimum Gasteiger partial charge on any atom is -0.349 e. The van der Waals surface area contributed by atoms with E-state index >= 15 is 0 Å². The Morgan fingerprint density at radius 1 is 1.30 bits per heavy atom. The Hall–Kier alpha value is -1.28. The molecule has 6 nitrogen and oxygen atoms in total. The van der Waals surface area contributed by atoms with E-state index in [4.69, 9.17) is 9.47 Å². The van der Waals surface area contributed by atoms with Gasteiger partial charge in [0.2, 0.25) is 5.91 Å². The highest BCUT2D eigenvalue weighted by Gasteiger charge is 2.34. The van der Waals surface area contributed by atoms with Crippen molar-refractivity contribution in [1.82, 2.24) is 10.2 Å². The summed E-state index contributed by atoms with van der Waals surface area (Å²) in [5.74, 6) is -0.175. The molecule has 1 N–H and O–H groups in total. The predicted octanol–water partition coefficient (Wildman–Crippen LogP) is 1.27. The lowest BCUT2D eigenvalue weighted by atomic mass is 10.0. The van der Waals surface area contributed by atoms with Crippen LogP contribution in [0.5, 0.6) is 0 Å². The summed E-state index contributed by atoms with van der Waals surface area (Å²) in [6.07, 6.45) is 2.95. The molecule has 0 bridgehead atoms. The topological polar surface area (TPSA) is 67.9 Å². The first kappa shape index (κ1) is 16.6. The molecule has 3 heterocycles. The monoisotopic (exact) mass is 338 g/mol. The molecule has 0 spiro atoms. The second-order valence-electron chi connectivity index (χ2n) is 5.82. The third kappa shape index (κ3) is 4.38. The number of ether oxygens (including phenoxy) is 2. The van der Waals surface area contributed by atoms with Gasteiger partial charge in [0.1, 0.15) is 0 Å². The Labute approximate surface area is 139 Å². The normalized spacial score (nSPS) is 23.0. The average Bonchev–Trinajstić information content (AvgIpc) is 3.26. The average molecular weight is 338 g/mol. The van der Waals surface area contributed by atoms with Gasteiger partial charge in [0.15, 0.2) is 12.1 Å². The van der Waals surface area contributed by atoms with Crippen molar-refractivity contribution in [2.24, 2.45) is 0 Å². The number of rotatable bonds is 6. The van der Waals surface area contributed by atoms with Crippen molar-refractivity contribution in [3.8, 4) is 0 Å². The Morgan fingerprint density at radius 3 is 2.87 bits per heavy atom. The van der Waals surface area contributed by atoms with Crippen LogP contribution in [-0.4, -0.2) is 61.8 Å². The quantitative estimate of drug-likeness (QED) is 0.791. The third-order valence-electron chi connectivity index (χ3n) is 4.21. The second-order valence-corrected chi connectivity index (χ2v) is 6.77. The lowest BCUT2D eigenvalue weighted by Crippen LogP contribution is -2.51. The van der Waals surface area contributed by atoms with Gasteiger partial charge in [-0.3, -0.25) is 14.5 Å². The molecule has 2 aliphatic rings. The van der Waals surface area contributed by atoms with E-state index in [1.807, 2.05) is 11.4 Å². The number of hydrogen-bond donors (Lipinski definition) is 1. The van der Waals surface area contributed by atoms with Crippen LogP contribution in [0.2, 0.25) is 0 Å². The van der Waals surface area contributed by atoms with Gasteiger partial charge in [-0.2, -0.15) is 0 Å². The van der Waals surface area contributed by atoms with Crippen LogP contribution in [0.15, 0.2) is 17.5 Å². The summed E-state index contributed by atoms with van der Waals surface area (Å²) in [6.45, 7) is 2.44. The summed E-state index contributed by atoms with van der Waals surface area (Å²) in [5.41, 5.74) is 0. The molecular formula is C16H22N2O4S. The fraction of sp³-hybridized carbons (Fsp3) is 0.625. The smallest absolute Gasteiger partial charge is 0.234 e. The van der Waals surface area contributed by atoms with Crippen molar-refractivity contribution in [1.29, 1.82) is 0 Å². The number of amides is 1. The molecule has 126 valence electrons. The highest BCUT2D eigenvalue weighted by molar-refractivity contribution is 7.12. The lowest BCUT2D eigenvalue weighted by molar-refractivity contribution is -0.131. The molecule has 7 heteroatoms. The Balaban J connectivity index is 1.48. The maximum Gasteiger partial charge on any atom is 0.234 e. The zero-order valence-corrected chi connectivity index (χ0v) is 13.8. The zero-order chi connectivity index (χ0) is 16.1. The SMILES string of the molecule is O=C(CN1CCCC[C@@H]1C1OCCO1)NCC(=O)c1cccs1. The van der Waals surface area contributed by atoms with Crippen LogP contribution in [0.4, 0.5) is 0 Å². The standard InChI is InChI=1S/C16H22N2O4S/c19-13(14-5-3-9-23-14)10-17-15(20)11-18-6-2-1-4-12(18)16-21-7-8-22-16/h3,5,9,12,16H,1-2,4,6-8,10-11H2,(H,17,20)/t12-/m1/s1. The summed E-state index contributed by atoms with van der Waals surface area (Å²) >= 11 is 1.39. The second kappa shape index (κ2) is 8.01. The molecule has 0 saturated carbocycles. The van der Waals surface area contributed by atoms with Crippen molar-refractivity contribution >= 4 is 23.0 Å². The number of carbonyl (C=O) groups excluding carboxylic acids is 2. The summed E-state index contributed by atoms with van der Waals surface area (Å²) in [7, 11) is 0. The molecule has 2 fully saturated rings. The van der Waals surface area contributed by atoms with Gasteiger partial charge < -0.3 is 14.8 Å². The number of Topliss-reactive ketones (excluding diaryl/α,β-unsaturated/α-hetero) is 1. The summed E-state index contributed by atoms with van der Waals surface area (Å²) in [6, 6.07) is 3.74. The first-order valence-electron chi connectivity index (χ1n) is 8.05. The van der Waals surface area contributed by atoms with Crippen LogP contribution in [0.3, 0.4) is 0 Å². The van der Waals surface area contributed by atoms with Crippen LogP contribution in [0, 0.1) is 0 Å². The van der Waals surface area contributed by atoms with E-state index in [2.05, 4.69) is 10.2 Å². The minimum absolute atomic E-state index is 0.0499. The van der Waals surface area contributed by atoms with Crippen LogP contribution in [0.1, 0.15) is 28.9 Å². The number of hydrogen-bond acceptors (Lipinski definition) is 6. The minimum atomic E-state index is -0.226. The molecule has 1 aromatic rings. The van der Waals surface area contributed by atoms with Crippen LogP contribution in [0.25, 0.3) is 0 Å². The van der Waals surface area contributed by atoms with Crippen LogP contribution < -0.4 is 5.32 Å². The number of nitrogens with one attached hydrogen (secondary N) is 1. The van der Waals surface area contributed by atoms with Crippen molar-refractivity contribution in [3.05, 3.63) is 22.4 Å². The van der Waals surface area contributed by atoms with Crippen molar-refractivity contribution in [3.63, 3.8) is 0 Å². The first-order valence-corrected chi connectivity index (χ1v) is 8.92. The number of piperidine rings is 1. The van der Waals surface area contributed by atoms with Gasteiger partial charge >= 0.3 is 0 Å². The van der Waals surface area contributed by atoms with Gasteiger partial charge in [-0.1, -0.05) is 12.5 Å². The van der Waals surface area contributed by atoms with Crippen molar-refractivity contribution in [2.45, 2.75) is 31.6 Å². The van der Waals surface area contributed by atoms with Crippen LogP contribution in [-0.2, 0) is 14.3 Å². The molecule has 0 aliphatic carbocycles. The molecule has 2 saturated heterocycles. The Kier molecular flexibility index (Phi) is 5.77. The van der Waals surface area contributed by atoms with E-state index in [0.717, 1.165) is 25.8 Å². The summed E-state index contributed by atoms with van der Waals surface area (Å²) in [5, 5.41) is 4.58. The molecule has 0 aromatic carbocycles. The van der Waals surface area contributed by atoms with E-state index in [1.54, 1.807) is 6.07 Å². The third-order valence-corrected chi connectivity index (χ3v) is 5.13. The Bertz CT molecular complexity index is 528. The van der Waals surface area contributed by atoms with E-state index in [1.165, 1.54) is 11.3 Å². The summed E-state index contributed by atoms with van der Waals surface area (Å²) in [4.78, 5) is 26.9. The number of likely N-dealkylation sites (tertiary alicyclic amines) is 1. The van der Waals surface area contributed by atoms with Gasteiger partial charge in [0, 0.05) is 0 Å². The highest BCUT2D eigenvalue weighted by Crippen LogP contribution is 2.24. The Morgan fingerprint density at radius 2 is 2.13 bits per heavy atom. The van der Waals surface area contributed by atoms with Gasteiger partial charge in [-0.15, -0.1) is 11.3 Å². The molecular weight excluding hydrogens is 316 g/mol. The van der Waals surface area contributed by atoms with E-state index < -0.39 is 0 Å². The van der Waals surface area contributed by atoms with E-state index in [0.29, 0.717) is 18.1 Å². The van der Waals surface area contributed by atoms with Gasteiger partial charge in [-0.25, -0.2) is 0 Å². The maximum absolute atomic E-state index is 12.2. The largest absolute Gasteiger partial charge is 0.349 e. The zero-order valence-electron chi connectivity index (χ0n) is 13.0. The van der Waals surface area contributed by atoms with Crippen molar-refractivity contribution in [2.75, 3.05) is 32.8 Å². The van der Waals surface area contributed by atoms with E-state index in [9.17, 15) is 9.59 Å². The molecule has 1 amide bonds. The van der Waals surface area contributed by atoms with Gasteiger partial charge in [0.25, 0.3) is 0 Å². The van der Waals surface area contributed by atoms with E-state index in [-0.39, 0.29) is 37.1 Å². The molecule has 0 unspecified atom stereocenters. The maximum atomic E-state index is 12.2. The van der Waals surface area contributed by atoms with Crippen molar-refractivity contribution < 1.29 is 19.1 Å². The predicted molar refractivity (Wildman–Crippen MR) is 86.6 cm³/mol.